The van der Waals surface area contributed by atoms with Crippen molar-refractivity contribution >= 4 is 11.7 Å². The van der Waals surface area contributed by atoms with Gasteiger partial charge in [0, 0.05) is 12.0 Å². The first-order chi connectivity index (χ1) is 13.3. The Morgan fingerprint density at radius 3 is 2.29 bits per heavy atom. The number of aliphatic hydroxyl groups excluding tert-OH is 2. The van der Waals surface area contributed by atoms with Gasteiger partial charge >= 0.3 is 0 Å². The van der Waals surface area contributed by atoms with E-state index in [2.05, 4.69) is 10.3 Å². The largest absolute Gasteiger partial charge is 0.393 e. The zero-order valence-corrected chi connectivity index (χ0v) is 16.5. The Hall–Kier alpha value is -2.57. The normalized spacial score (nSPS) is 14.4. The topological polar surface area (TPSA) is 99.5 Å². The molecule has 0 spiro atoms. The number of hydrogen-bond donors (Lipinski definition) is 3. The molecular formula is C22H28N2O4. The second kappa shape index (κ2) is 10.1. The van der Waals surface area contributed by atoms with Crippen molar-refractivity contribution in [1.29, 1.82) is 0 Å². The summed E-state index contributed by atoms with van der Waals surface area (Å²) in [7, 11) is 0. The maximum absolute atomic E-state index is 12.7. The van der Waals surface area contributed by atoms with Crippen LogP contribution in [0.15, 0.2) is 48.5 Å². The minimum Gasteiger partial charge on any atom is -0.393 e. The summed E-state index contributed by atoms with van der Waals surface area (Å²) in [6.45, 7) is 5.31. The molecule has 2 rings (SSSR count). The Kier molecular flexibility index (Phi) is 7.84. The van der Waals surface area contributed by atoms with E-state index in [0.717, 1.165) is 5.56 Å². The van der Waals surface area contributed by atoms with Crippen molar-refractivity contribution in [3.63, 3.8) is 0 Å². The monoisotopic (exact) mass is 384 g/mol. The molecule has 0 aliphatic rings. The molecule has 0 radical (unpaired) electrons. The molecule has 0 fully saturated rings. The summed E-state index contributed by atoms with van der Waals surface area (Å²) in [6, 6.07) is 14.6. The lowest BCUT2D eigenvalue weighted by Crippen LogP contribution is -2.43. The third kappa shape index (κ3) is 6.25. The quantitative estimate of drug-likeness (QED) is 0.456. The molecule has 0 aliphatic carbocycles. The van der Waals surface area contributed by atoms with Crippen LogP contribution >= 0.6 is 0 Å². The highest BCUT2D eigenvalue weighted by molar-refractivity contribution is 5.97. The highest BCUT2D eigenvalue weighted by atomic mass is 16.3. The standard InChI is InChI=1S/C22H28N2O4/c1-14(2)12-21(27)24-22(28)17(15(3)25)13-20(26)19-11-7-10-18(23-19)16-8-5-4-6-9-16/h4-11,14-15,17,21,25,27H,12-13H2,1-3H3,(H,24,28)/t15-,17+,21?/m1/s1. The van der Waals surface area contributed by atoms with Gasteiger partial charge in [-0.25, -0.2) is 4.98 Å². The van der Waals surface area contributed by atoms with Crippen LogP contribution < -0.4 is 5.32 Å². The van der Waals surface area contributed by atoms with Gasteiger partial charge in [0.1, 0.15) is 11.9 Å². The minimum atomic E-state index is -1.03. The molecule has 6 nitrogen and oxygen atoms in total. The zero-order valence-electron chi connectivity index (χ0n) is 16.5. The Morgan fingerprint density at radius 1 is 1.00 bits per heavy atom. The van der Waals surface area contributed by atoms with Gasteiger partial charge < -0.3 is 15.5 Å². The van der Waals surface area contributed by atoms with E-state index in [-0.39, 0.29) is 23.8 Å². The van der Waals surface area contributed by atoms with E-state index in [1.807, 2.05) is 50.2 Å². The maximum Gasteiger partial charge on any atom is 0.228 e. The number of carbonyl (C=O) groups is 2. The molecule has 2 aromatic rings. The molecule has 28 heavy (non-hydrogen) atoms. The summed E-state index contributed by atoms with van der Waals surface area (Å²) < 4.78 is 0. The van der Waals surface area contributed by atoms with E-state index in [0.29, 0.717) is 12.1 Å². The summed E-state index contributed by atoms with van der Waals surface area (Å²) in [4.78, 5) is 29.5. The summed E-state index contributed by atoms with van der Waals surface area (Å²) in [5, 5.41) is 22.4. The number of aromatic nitrogens is 1. The van der Waals surface area contributed by atoms with Crippen LogP contribution in [0.4, 0.5) is 0 Å². The van der Waals surface area contributed by atoms with Gasteiger partial charge in [-0.15, -0.1) is 0 Å². The van der Waals surface area contributed by atoms with Crippen LogP contribution in [-0.2, 0) is 4.79 Å². The SMILES string of the molecule is CC(C)CC(O)NC(=O)[C@@H](CC(=O)c1cccc(-c2ccccc2)n1)[C@@H](C)O. The second-order valence-electron chi connectivity index (χ2n) is 7.40. The van der Waals surface area contributed by atoms with Crippen molar-refractivity contribution in [2.24, 2.45) is 11.8 Å². The van der Waals surface area contributed by atoms with Crippen LogP contribution in [0.2, 0.25) is 0 Å². The predicted molar refractivity (Wildman–Crippen MR) is 107 cm³/mol. The van der Waals surface area contributed by atoms with Crippen LogP contribution in [-0.4, -0.2) is 39.2 Å². The number of hydrogen-bond acceptors (Lipinski definition) is 5. The molecule has 0 bridgehead atoms. The minimum absolute atomic E-state index is 0.191. The molecule has 150 valence electrons. The molecule has 0 saturated heterocycles. The van der Waals surface area contributed by atoms with Crippen molar-refractivity contribution in [3.05, 3.63) is 54.2 Å². The lowest BCUT2D eigenvalue weighted by atomic mass is 9.94. The Balaban J connectivity index is 2.11. The number of benzene rings is 1. The fraction of sp³-hybridized carbons (Fsp3) is 0.409. The Bertz CT molecular complexity index is 790. The van der Waals surface area contributed by atoms with E-state index >= 15 is 0 Å². The fourth-order valence-corrected chi connectivity index (χ4v) is 2.92. The van der Waals surface area contributed by atoms with Crippen LogP contribution in [0.3, 0.4) is 0 Å². The van der Waals surface area contributed by atoms with Gasteiger partial charge in [0.25, 0.3) is 0 Å². The average molecular weight is 384 g/mol. The molecule has 6 heteroatoms. The summed E-state index contributed by atoms with van der Waals surface area (Å²) in [5.41, 5.74) is 1.79. The fourth-order valence-electron chi connectivity index (χ4n) is 2.92. The van der Waals surface area contributed by atoms with E-state index in [9.17, 15) is 19.8 Å². The molecule has 1 aromatic heterocycles. The highest BCUT2D eigenvalue weighted by Crippen LogP contribution is 2.19. The van der Waals surface area contributed by atoms with Gasteiger partial charge in [-0.2, -0.15) is 0 Å². The van der Waals surface area contributed by atoms with Gasteiger partial charge in [-0.1, -0.05) is 50.2 Å². The first kappa shape index (κ1) is 21.7. The van der Waals surface area contributed by atoms with Gasteiger partial charge in [0.05, 0.1) is 17.7 Å². The number of carbonyl (C=O) groups excluding carboxylic acids is 2. The van der Waals surface area contributed by atoms with Crippen LogP contribution in [0.5, 0.6) is 0 Å². The van der Waals surface area contributed by atoms with Crippen molar-refractivity contribution in [2.45, 2.75) is 45.9 Å². The van der Waals surface area contributed by atoms with Gasteiger partial charge in [-0.3, -0.25) is 9.59 Å². The second-order valence-corrected chi connectivity index (χ2v) is 7.40. The molecule has 0 aliphatic heterocycles. The van der Waals surface area contributed by atoms with Crippen molar-refractivity contribution in [2.75, 3.05) is 0 Å². The number of amides is 1. The molecule has 1 unspecified atom stereocenters. The van der Waals surface area contributed by atoms with Crippen molar-refractivity contribution in [1.82, 2.24) is 10.3 Å². The molecule has 1 heterocycles. The molecule has 1 amide bonds. The summed E-state index contributed by atoms with van der Waals surface area (Å²) in [5.74, 6) is -1.64. The van der Waals surface area contributed by atoms with Crippen LogP contribution in [0.25, 0.3) is 11.3 Å². The van der Waals surface area contributed by atoms with Crippen molar-refractivity contribution in [3.8, 4) is 11.3 Å². The Morgan fingerprint density at radius 2 is 1.68 bits per heavy atom. The van der Waals surface area contributed by atoms with Crippen molar-refractivity contribution < 1.29 is 19.8 Å². The molecule has 3 N–H and O–H groups in total. The molecule has 3 atom stereocenters. The van der Waals surface area contributed by atoms with Crippen LogP contribution in [0.1, 0.15) is 44.1 Å². The van der Waals surface area contributed by atoms with E-state index in [1.54, 1.807) is 12.1 Å². The van der Waals surface area contributed by atoms with Gasteiger partial charge in [0.15, 0.2) is 5.78 Å². The van der Waals surface area contributed by atoms with E-state index in [1.165, 1.54) is 6.92 Å². The number of aliphatic hydroxyl groups is 2. The third-order valence-corrected chi connectivity index (χ3v) is 4.43. The zero-order chi connectivity index (χ0) is 20.7. The third-order valence-electron chi connectivity index (χ3n) is 4.43. The first-order valence-electron chi connectivity index (χ1n) is 9.50. The predicted octanol–water partition coefficient (Wildman–Crippen LogP) is 2.80. The van der Waals surface area contributed by atoms with E-state index in [4.69, 9.17) is 0 Å². The number of nitrogens with one attached hydrogen (secondary N) is 1. The first-order valence-corrected chi connectivity index (χ1v) is 9.50. The summed E-state index contributed by atoms with van der Waals surface area (Å²) >= 11 is 0. The lowest BCUT2D eigenvalue weighted by Gasteiger charge is -2.22. The molecular weight excluding hydrogens is 356 g/mol. The lowest BCUT2D eigenvalue weighted by molar-refractivity contribution is -0.131. The number of rotatable bonds is 9. The number of Topliss-reactive ketones (excluding diaryl/α,β-unsaturated/α-hetero) is 1. The maximum atomic E-state index is 12.7. The molecule has 0 saturated carbocycles. The van der Waals surface area contributed by atoms with Gasteiger partial charge in [-0.05, 0) is 31.4 Å². The molecule has 1 aromatic carbocycles. The Labute approximate surface area is 165 Å². The summed E-state index contributed by atoms with van der Waals surface area (Å²) in [6.07, 6.45) is -1.84. The average Bonchev–Trinajstić information content (AvgIpc) is 2.65. The number of ketones is 1. The smallest absolute Gasteiger partial charge is 0.228 e. The number of pyridine rings is 1. The van der Waals surface area contributed by atoms with E-state index < -0.39 is 24.2 Å². The van der Waals surface area contributed by atoms with Gasteiger partial charge in [0.2, 0.25) is 5.91 Å². The van der Waals surface area contributed by atoms with Crippen LogP contribution in [0, 0.1) is 11.8 Å². The number of nitrogens with zero attached hydrogens (tertiary/aromatic N) is 1. The highest BCUT2D eigenvalue weighted by Gasteiger charge is 2.28.